The van der Waals surface area contributed by atoms with Crippen molar-refractivity contribution in [3.8, 4) is 0 Å². The van der Waals surface area contributed by atoms with Crippen LogP contribution in [0.2, 0.25) is 0 Å². The predicted octanol–water partition coefficient (Wildman–Crippen LogP) is -0.0356. The summed E-state index contributed by atoms with van der Waals surface area (Å²) in [4.78, 5) is 59.1. The van der Waals surface area contributed by atoms with Crippen LogP contribution in [0.5, 0.6) is 0 Å². The number of aromatic amines is 1. The largest absolute Gasteiger partial charge is 0.383 e. The highest BCUT2D eigenvalue weighted by Gasteiger charge is 2.26. The van der Waals surface area contributed by atoms with E-state index >= 15 is 0 Å². The normalized spacial score (nSPS) is 18.6. The minimum absolute atomic E-state index is 0.118. The summed E-state index contributed by atoms with van der Waals surface area (Å²) in [5.41, 5.74) is 1.18. The van der Waals surface area contributed by atoms with Crippen molar-refractivity contribution in [2.45, 2.75) is 19.9 Å². The van der Waals surface area contributed by atoms with Gasteiger partial charge in [0.25, 0.3) is 11.8 Å². The predicted molar refractivity (Wildman–Crippen MR) is 122 cm³/mol. The van der Waals surface area contributed by atoms with Crippen molar-refractivity contribution in [1.29, 1.82) is 0 Å². The number of aromatic nitrogens is 2. The molecule has 11 nitrogen and oxygen atoms in total. The quantitative estimate of drug-likeness (QED) is 0.429. The van der Waals surface area contributed by atoms with Crippen molar-refractivity contribution in [2.24, 2.45) is 5.92 Å². The molecular formula is C22H29N7O4. The summed E-state index contributed by atoms with van der Waals surface area (Å²) in [6, 6.07) is 5.82. The lowest BCUT2D eigenvalue weighted by atomic mass is 10.0. The number of fused-ring (bicyclic) bond motifs is 2. The first-order valence-electron chi connectivity index (χ1n) is 10.8. The Morgan fingerprint density at radius 2 is 1.88 bits per heavy atom. The Bertz CT molecular complexity index is 990. The molecule has 2 aromatic heterocycles. The molecule has 0 radical (unpaired) electrons. The van der Waals surface area contributed by atoms with Gasteiger partial charge in [-0.2, -0.15) is 0 Å². The van der Waals surface area contributed by atoms with E-state index in [1.807, 2.05) is 13.8 Å². The first-order valence-corrected chi connectivity index (χ1v) is 10.8. The van der Waals surface area contributed by atoms with Gasteiger partial charge in [0.05, 0.1) is 6.54 Å². The summed E-state index contributed by atoms with van der Waals surface area (Å²) in [5, 5.41) is 11.4. The molecule has 0 aliphatic carbocycles. The zero-order valence-corrected chi connectivity index (χ0v) is 18.7. The zero-order valence-electron chi connectivity index (χ0n) is 18.7. The molecule has 3 rings (SSSR count). The minimum Gasteiger partial charge on any atom is -0.383 e. The number of anilines is 1. The lowest BCUT2D eigenvalue weighted by Crippen LogP contribution is -2.51. The maximum absolute atomic E-state index is 12.8. The summed E-state index contributed by atoms with van der Waals surface area (Å²) < 4.78 is 0. The highest BCUT2D eigenvalue weighted by atomic mass is 16.2. The van der Waals surface area contributed by atoms with Crippen LogP contribution in [0, 0.1) is 5.92 Å². The second kappa shape index (κ2) is 11.1. The lowest BCUT2D eigenvalue weighted by molar-refractivity contribution is -0.124. The molecule has 0 fully saturated rings. The molecule has 2 aromatic rings. The molecule has 3 heterocycles. The fourth-order valence-electron chi connectivity index (χ4n) is 3.36. The Balaban J connectivity index is 1.79. The van der Waals surface area contributed by atoms with Crippen LogP contribution in [-0.2, 0) is 9.59 Å². The van der Waals surface area contributed by atoms with Gasteiger partial charge in [0.1, 0.15) is 17.4 Å². The van der Waals surface area contributed by atoms with Gasteiger partial charge >= 0.3 is 0 Å². The van der Waals surface area contributed by atoms with E-state index in [2.05, 4.69) is 31.2 Å². The number of carbonyl (C=O) groups excluding carboxylic acids is 4. The van der Waals surface area contributed by atoms with Crippen molar-refractivity contribution in [3.63, 3.8) is 0 Å². The Labute approximate surface area is 191 Å². The Kier molecular flexibility index (Phi) is 8.01. The summed E-state index contributed by atoms with van der Waals surface area (Å²) in [7, 11) is 0. The second-order valence-electron chi connectivity index (χ2n) is 8.00. The number of nitrogens with zero attached hydrogens (tertiary/aromatic N) is 2. The summed E-state index contributed by atoms with van der Waals surface area (Å²) >= 11 is 0. The molecule has 0 saturated carbocycles. The topological polar surface area (TPSA) is 148 Å². The van der Waals surface area contributed by atoms with E-state index in [0.29, 0.717) is 24.5 Å². The summed E-state index contributed by atoms with van der Waals surface area (Å²) in [5.74, 6) is -1.70. The van der Waals surface area contributed by atoms with E-state index in [0.717, 1.165) is 0 Å². The van der Waals surface area contributed by atoms with E-state index in [-0.39, 0.29) is 49.0 Å². The Morgan fingerprint density at radius 3 is 2.61 bits per heavy atom. The number of amides is 4. The number of rotatable bonds is 2. The van der Waals surface area contributed by atoms with Crippen molar-refractivity contribution in [2.75, 3.05) is 38.0 Å². The van der Waals surface area contributed by atoms with E-state index < -0.39 is 11.9 Å². The van der Waals surface area contributed by atoms with Gasteiger partial charge in [0.2, 0.25) is 11.8 Å². The number of nitrogens with one attached hydrogen (secondary N) is 5. The van der Waals surface area contributed by atoms with E-state index in [9.17, 15) is 19.2 Å². The van der Waals surface area contributed by atoms with E-state index in [1.165, 1.54) is 11.1 Å². The second-order valence-corrected chi connectivity index (χ2v) is 8.00. The van der Waals surface area contributed by atoms with Crippen LogP contribution in [0.1, 0.15) is 34.8 Å². The Hall–Kier alpha value is -3.89. The molecule has 0 saturated heterocycles. The highest BCUT2D eigenvalue weighted by Crippen LogP contribution is 2.10. The number of hydrogen-bond donors (Lipinski definition) is 5. The first-order chi connectivity index (χ1) is 15.8. The molecule has 33 heavy (non-hydrogen) atoms. The number of H-pyrrole nitrogens is 1. The number of carbonyl (C=O) groups is 4. The molecule has 11 heteroatoms. The van der Waals surface area contributed by atoms with Crippen molar-refractivity contribution >= 4 is 29.3 Å². The average Bonchev–Trinajstić information content (AvgIpc) is 3.33. The molecule has 1 aliphatic heterocycles. The third kappa shape index (κ3) is 6.55. The van der Waals surface area contributed by atoms with Gasteiger partial charge < -0.3 is 31.2 Å². The van der Waals surface area contributed by atoms with Crippen LogP contribution in [0.15, 0.2) is 36.7 Å². The van der Waals surface area contributed by atoms with Gasteiger partial charge in [0, 0.05) is 44.3 Å². The highest BCUT2D eigenvalue weighted by molar-refractivity contribution is 5.97. The van der Waals surface area contributed by atoms with Gasteiger partial charge in [-0.05, 0) is 30.2 Å². The lowest BCUT2D eigenvalue weighted by Gasteiger charge is -2.24. The van der Waals surface area contributed by atoms with E-state index in [4.69, 9.17) is 0 Å². The maximum Gasteiger partial charge on any atom is 0.270 e. The number of pyridine rings is 1. The smallest absolute Gasteiger partial charge is 0.270 e. The van der Waals surface area contributed by atoms with Crippen molar-refractivity contribution in [3.05, 3.63) is 48.0 Å². The molecule has 1 atom stereocenters. The van der Waals surface area contributed by atoms with Crippen LogP contribution in [0.25, 0.3) is 0 Å². The third-order valence-corrected chi connectivity index (χ3v) is 5.14. The molecule has 2 bridgehead atoms. The molecular weight excluding hydrogens is 426 g/mol. The van der Waals surface area contributed by atoms with Crippen LogP contribution < -0.4 is 21.3 Å². The average molecular weight is 456 g/mol. The monoisotopic (exact) mass is 455 g/mol. The molecule has 1 aliphatic rings. The molecule has 176 valence electrons. The fourth-order valence-corrected chi connectivity index (χ4v) is 3.36. The van der Waals surface area contributed by atoms with Gasteiger partial charge in [-0.15, -0.1) is 0 Å². The Morgan fingerprint density at radius 1 is 1.09 bits per heavy atom. The zero-order chi connectivity index (χ0) is 23.8. The summed E-state index contributed by atoms with van der Waals surface area (Å²) in [6.07, 6.45) is 3.12. The van der Waals surface area contributed by atoms with Crippen molar-refractivity contribution in [1.82, 2.24) is 30.8 Å². The van der Waals surface area contributed by atoms with Crippen LogP contribution >= 0.6 is 0 Å². The standard InChI is InChI=1S/C22H29N7O4/c1-14(2)19-21(32)27-10-11-29(22(33)16-4-3-6-24-16)13-18(30)26-9-8-23-15-5-7-25-17(12-15)20(31)28-19/h3-7,12,14,19,23-24H,8-11,13H2,1-2H3,(H,26,30)(H,27,32)(H,28,31)/t19-/m0/s1. The van der Waals surface area contributed by atoms with Crippen LogP contribution in [0.4, 0.5) is 5.69 Å². The van der Waals surface area contributed by atoms with Crippen LogP contribution in [-0.4, -0.2) is 77.3 Å². The van der Waals surface area contributed by atoms with Gasteiger partial charge in [0.15, 0.2) is 0 Å². The molecule has 4 amide bonds. The maximum atomic E-state index is 12.8. The molecule has 0 spiro atoms. The summed E-state index contributed by atoms with van der Waals surface area (Å²) in [6.45, 7) is 4.46. The molecule has 0 unspecified atom stereocenters. The van der Waals surface area contributed by atoms with E-state index in [1.54, 1.807) is 30.5 Å². The molecule has 0 aromatic carbocycles. The number of hydrogen-bond acceptors (Lipinski definition) is 6. The van der Waals surface area contributed by atoms with Gasteiger partial charge in [-0.1, -0.05) is 13.8 Å². The molecule has 5 N–H and O–H groups in total. The minimum atomic E-state index is -0.789. The fraction of sp³-hybridized carbons (Fsp3) is 0.409. The SMILES string of the molecule is CC(C)[C@@H]1NC(=O)c2cc(ccn2)NCCNC(=O)CN(C(=O)c2ccc[nH]2)CCNC1=O. The van der Waals surface area contributed by atoms with Crippen LogP contribution in [0.3, 0.4) is 0 Å². The van der Waals surface area contributed by atoms with Gasteiger partial charge in [-0.3, -0.25) is 24.2 Å². The van der Waals surface area contributed by atoms with Gasteiger partial charge in [-0.25, -0.2) is 0 Å². The van der Waals surface area contributed by atoms with Crippen molar-refractivity contribution < 1.29 is 19.2 Å². The third-order valence-electron chi connectivity index (χ3n) is 5.14. The first kappa shape index (κ1) is 23.8.